The van der Waals surface area contributed by atoms with Crippen LogP contribution in [0.25, 0.3) is 11.0 Å². The first-order valence-electron chi connectivity index (χ1n) is 12.0. The van der Waals surface area contributed by atoms with Gasteiger partial charge in [-0.25, -0.2) is 22.2 Å². The van der Waals surface area contributed by atoms with Gasteiger partial charge in [0.2, 0.25) is 10.0 Å². The summed E-state index contributed by atoms with van der Waals surface area (Å²) in [7, 11) is -3.61. The number of thioether (sulfide) groups is 1. The van der Waals surface area contributed by atoms with E-state index in [1.807, 2.05) is 4.57 Å². The van der Waals surface area contributed by atoms with Crippen molar-refractivity contribution in [2.24, 2.45) is 5.92 Å². The van der Waals surface area contributed by atoms with Gasteiger partial charge in [0.05, 0.1) is 28.6 Å². The average molecular weight is 522 g/mol. The molecular formula is C25H29F2N3O3S2. The van der Waals surface area contributed by atoms with E-state index < -0.39 is 21.7 Å². The van der Waals surface area contributed by atoms with Gasteiger partial charge in [-0.15, -0.1) is 0 Å². The molecule has 0 unspecified atom stereocenters. The molecule has 0 saturated carbocycles. The van der Waals surface area contributed by atoms with Crippen LogP contribution in [0.1, 0.15) is 38.2 Å². The normalized spacial score (nSPS) is 21.7. The van der Waals surface area contributed by atoms with E-state index in [4.69, 9.17) is 9.72 Å². The number of sulfonamides is 1. The number of hydrogen-bond acceptors (Lipinski definition) is 5. The second-order valence-corrected chi connectivity index (χ2v) is 12.3. The topological polar surface area (TPSA) is 64.4 Å². The Labute approximate surface area is 208 Å². The van der Waals surface area contributed by atoms with E-state index in [0.717, 1.165) is 43.9 Å². The van der Waals surface area contributed by atoms with Gasteiger partial charge in [-0.3, -0.25) is 0 Å². The summed E-state index contributed by atoms with van der Waals surface area (Å²) in [5.74, 6) is -0.595. The summed E-state index contributed by atoms with van der Waals surface area (Å²) in [4.78, 5) is 4.98. The number of rotatable bonds is 7. The van der Waals surface area contributed by atoms with Crippen LogP contribution in [0.4, 0.5) is 8.78 Å². The second kappa shape index (κ2) is 10.2. The van der Waals surface area contributed by atoms with Crippen LogP contribution >= 0.6 is 11.8 Å². The number of nitrogens with zero attached hydrogens (tertiary/aromatic N) is 3. The Bertz CT molecular complexity index is 1320. The van der Waals surface area contributed by atoms with Crippen LogP contribution in [-0.2, 0) is 27.1 Å². The van der Waals surface area contributed by atoms with Crippen molar-refractivity contribution < 1.29 is 21.9 Å². The Balaban J connectivity index is 1.47. The first-order chi connectivity index (χ1) is 16.8. The zero-order chi connectivity index (χ0) is 24.6. The molecule has 0 bridgehead atoms. The summed E-state index contributed by atoms with van der Waals surface area (Å²) >= 11 is 1.34. The molecule has 2 saturated heterocycles. The highest BCUT2D eigenvalue weighted by molar-refractivity contribution is 7.98. The third-order valence-electron chi connectivity index (χ3n) is 6.72. The van der Waals surface area contributed by atoms with Gasteiger partial charge in [0.1, 0.15) is 11.6 Å². The summed E-state index contributed by atoms with van der Waals surface area (Å²) in [6, 6.07) is 8.66. The van der Waals surface area contributed by atoms with E-state index >= 15 is 0 Å². The van der Waals surface area contributed by atoms with Crippen molar-refractivity contribution in [3.63, 3.8) is 0 Å². The van der Waals surface area contributed by atoms with Crippen molar-refractivity contribution in [2.45, 2.75) is 61.1 Å². The van der Waals surface area contributed by atoms with Gasteiger partial charge in [0, 0.05) is 31.5 Å². The predicted octanol–water partition coefficient (Wildman–Crippen LogP) is 5.21. The molecule has 2 fully saturated rings. The Kier molecular flexibility index (Phi) is 7.16. The first kappa shape index (κ1) is 24.7. The molecule has 2 aliphatic rings. The molecule has 0 N–H and O–H groups in total. The number of hydrogen-bond donors (Lipinski definition) is 0. The van der Waals surface area contributed by atoms with Gasteiger partial charge in [-0.2, -0.15) is 4.31 Å². The fourth-order valence-corrected chi connectivity index (χ4v) is 7.45. The van der Waals surface area contributed by atoms with Crippen molar-refractivity contribution >= 4 is 32.8 Å². The Morgan fingerprint density at radius 3 is 2.74 bits per heavy atom. The Morgan fingerprint density at radius 2 is 2.00 bits per heavy atom. The highest BCUT2D eigenvalue weighted by Crippen LogP contribution is 2.32. The largest absolute Gasteiger partial charge is 0.376 e. The summed E-state index contributed by atoms with van der Waals surface area (Å²) in [6.45, 7) is 4.43. The molecule has 5 rings (SSSR count). The number of ether oxygens (including phenoxy) is 1. The fraction of sp³-hybridized carbons (Fsp3) is 0.480. The molecule has 2 aliphatic heterocycles. The molecule has 3 heterocycles. The van der Waals surface area contributed by atoms with Gasteiger partial charge in [-0.05, 0) is 61.4 Å². The van der Waals surface area contributed by atoms with Crippen molar-refractivity contribution in [1.82, 2.24) is 13.9 Å². The van der Waals surface area contributed by atoms with E-state index in [1.54, 1.807) is 22.5 Å². The van der Waals surface area contributed by atoms with Crippen LogP contribution in [0.5, 0.6) is 0 Å². The smallest absolute Gasteiger partial charge is 0.243 e. The maximum atomic E-state index is 14.2. The van der Waals surface area contributed by atoms with Gasteiger partial charge >= 0.3 is 0 Å². The van der Waals surface area contributed by atoms with Gasteiger partial charge in [-0.1, -0.05) is 24.8 Å². The van der Waals surface area contributed by atoms with E-state index in [9.17, 15) is 17.2 Å². The van der Waals surface area contributed by atoms with Crippen LogP contribution < -0.4 is 0 Å². The quantitative estimate of drug-likeness (QED) is 0.400. The number of piperidine rings is 1. The standard InChI is InChI=1S/C25H29F2N3O3S2/c1-17-4-2-10-29(14-17)35(31,32)21-8-9-24-23(13-21)28-25(30(24)15-20-5-3-11-33-20)34-16-18-6-7-19(26)12-22(18)27/h6-9,12-13,17,20H,2-5,10-11,14-16H2,1H3/t17-,20+/m0/s1. The van der Waals surface area contributed by atoms with Crippen molar-refractivity contribution in [1.29, 1.82) is 0 Å². The lowest BCUT2D eigenvalue weighted by Crippen LogP contribution is -2.39. The molecule has 0 spiro atoms. The van der Waals surface area contributed by atoms with Crippen LogP contribution in [0.3, 0.4) is 0 Å². The zero-order valence-electron chi connectivity index (χ0n) is 19.6. The maximum Gasteiger partial charge on any atom is 0.243 e. The summed E-state index contributed by atoms with van der Waals surface area (Å²) in [6.07, 6.45) is 3.88. The fourth-order valence-electron chi connectivity index (χ4n) is 4.82. The molecule has 1 aromatic heterocycles. The SMILES string of the molecule is C[C@H]1CCCN(S(=O)(=O)c2ccc3c(c2)nc(SCc2ccc(F)cc2F)n3C[C@H]2CCCO2)C1. The van der Waals surface area contributed by atoms with E-state index in [2.05, 4.69) is 6.92 Å². The molecule has 6 nitrogen and oxygen atoms in total. The van der Waals surface area contributed by atoms with Crippen molar-refractivity contribution in [2.75, 3.05) is 19.7 Å². The van der Waals surface area contributed by atoms with Crippen LogP contribution in [-0.4, -0.2) is 48.1 Å². The minimum absolute atomic E-state index is 0.0487. The highest BCUT2D eigenvalue weighted by Gasteiger charge is 2.29. The van der Waals surface area contributed by atoms with Gasteiger partial charge < -0.3 is 9.30 Å². The second-order valence-electron chi connectivity index (χ2n) is 9.43. The zero-order valence-corrected chi connectivity index (χ0v) is 21.3. The lowest BCUT2D eigenvalue weighted by molar-refractivity contribution is 0.0960. The molecular weight excluding hydrogens is 492 g/mol. The van der Waals surface area contributed by atoms with E-state index in [0.29, 0.717) is 41.8 Å². The summed E-state index contributed by atoms with van der Waals surface area (Å²) in [5.41, 5.74) is 1.78. The van der Waals surface area contributed by atoms with E-state index in [-0.39, 0.29) is 16.8 Å². The summed E-state index contributed by atoms with van der Waals surface area (Å²) < 4.78 is 63.6. The van der Waals surface area contributed by atoms with Crippen molar-refractivity contribution in [3.05, 3.63) is 53.6 Å². The van der Waals surface area contributed by atoms with Gasteiger partial charge in [0.25, 0.3) is 0 Å². The first-order valence-corrected chi connectivity index (χ1v) is 14.4. The molecule has 10 heteroatoms. The lowest BCUT2D eigenvalue weighted by Gasteiger charge is -2.30. The lowest BCUT2D eigenvalue weighted by atomic mass is 10.0. The molecule has 0 aliphatic carbocycles. The molecule has 0 amide bonds. The molecule has 2 aromatic carbocycles. The monoisotopic (exact) mass is 521 g/mol. The van der Waals surface area contributed by atoms with Crippen LogP contribution in [0.2, 0.25) is 0 Å². The minimum atomic E-state index is -3.61. The minimum Gasteiger partial charge on any atom is -0.376 e. The summed E-state index contributed by atoms with van der Waals surface area (Å²) in [5, 5.41) is 0.653. The molecule has 188 valence electrons. The average Bonchev–Trinajstić information content (AvgIpc) is 3.46. The van der Waals surface area contributed by atoms with E-state index in [1.165, 1.54) is 23.9 Å². The number of imidazole rings is 1. The molecule has 0 radical (unpaired) electrons. The number of benzene rings is 2. The van der Waals surface area contributed by atoms with Gasteiger partial charge in [0.15, 0.2) is 5.16 Å². The number of aromatic nitrogens is 2. The molecule has 3 aromatic rings. The third kappa shape index (κ3) is 5.26. The van der Waals surface area contributed by atoms with Crippen LogP contribution in [0.15, 0.2) is 46.5 Å². The number of fused-ring (bicyclic) bond motifs is 1. The third-order valence-corrected chi connectivity index (χ3v) is 9.61. The highest BCUT2D eigenvalue weighted by atomic mass is 32.2. The maximum absolute atomic E-state index is 14.2. The number of halogens is 2. The Morgan fingerprint density at radius 1 is 1.14 bits per heavy atom. The molecule has 35 heavy (non-hydrogen) atoms. The molecule has 2 atom stereocenters. The Hall–Kier alpha value is -2.01. The van der Waals surface area contributed by atoms with Crippen LogP contribution in [0, 0.1) is 17.6 Å². The van der Waals surface area contributed by atoms with Crippen molar-refractivity contribution in [3.8, 4) is 0 Å². The predicted molar refractivity (Wildman–Crippen MR) is 132 cm³/mol.